The number of aryl methyl sites for hydroxylation is 1. The van der Waals surface area contributed by atoms with Crippen LogP contribution >= 0.6 is 0 Å². The zero-order valence-electron chi connectivity index (χ0n) is 19.6. The third-order valence-corrected chi connectivity index (χ3v) is 7.34. The van der Waals surface area contributed by atoms with Crippen molar-refractivity contribution in [2.45, 2.75) is 39.0 Å². The van der Waals surface area contributed by atoms with Crippen LogP contribution in [-0.2, 0) is 22.4 Å². The van der Waals surface area contributed by atoms with E-state index in [1.807, 2.05) is 12.4 Å². The predicted molar refractivity (Wildman–Crippen MR) is 129 cm³/mol. The quantitative estimate of drug-likeness (QED) is 0.643. The highest BCUT2D eigenvalue weighted by Crippen LogP contribution is 2.35. The van der Waals surface area contributed by atoms with Gasteiger partial charge in [0.1, 0.15) is 5.65 Å². The molecule has 2 saturated heterocycles. The van der Waals surface area contributed by atoms with Gasteiger partial charge in [-0.1, -0.05) is 6.07 Å². The summed E-state index contributed by atoms with van der Waals surface area (Å²) >= 11 is 0. The van der Waals surface area contributed by atoms with Crippen LogP contribution in [0.1, 0.15) is 35.2 Å². The van der Waals surface area contributed by atoms with E-state index in [0.29, 0.717) is 0 Å². The van der Waals surface area contributed by atoms with Crippen molar-refractivity contribution in [1.82, 2.24) is 25.3 Å². The van der Waals surface area contributed by atoms with E-state index >= 15 is 0 Å². The fourth-order valence-electron chi connectivity index (χ4n) is 5.52. The molecule has 1 aromatic carbocycles. The number of rotatable bonds is 3. The molecule has 3 aliphatic heterocycles. The number of ether oxygens (including phenoxy) is 2. The number of nitrogens with one attached hydrogen (secondary N) is 2. The van der Waals surface area contributed by atoms with Crippen molar-refractivity contribution in [2.75, 3.05) is 46.0 Å². The molecule has 0 bridgehead atoms. The summed E-state index contributed by atoms with van der Waals surface area (Å²) < 4.78 is 11.7. The number of H-pyrrole nitrogens is 1. The maximum atomic E-state index is 5.87. The second kappa shape index (κ2) is 8.81. The third kappa shape index (κ3) is 4.09. The molecule has 0 aliphatic carbocycles. The summed E-state index contributed by atoms with van der Waals surface area (Å²) in [5.41, 5.74) is 8.90. The highest BCUT2D eigenvalue weighted by atomic mass is 16.5. The molecule has 5 heterocycles. The Hall–Kier alpha value is -2.29. The highest BCUT2D eigenvalue weighted by Gasteiger charge is 2.30. The Bertz CT molecular complexity index is 1150. The zero-order chi connectivity index (χ0) is 22.4. The van der Waals surface area contributed by atoms with E-state index in [-0.39, 0.29) is 12.1 Å². The van der Waals surface area contributed by atoms with Gasteiger partial charge in [-0.2, -0.15) is 0 Å². The lowest BCUT2D eigenvalue weighted by Gasteiger charge is -2.43. The van der Waals surface area contributed by atoms with Crippen molar-refractivity contribution in [1.29, 1.82) is 0 Å². The molecule has 0 radical (unpaired) electrons. The molecule has 0 unspecified atom stereocenters. The van der Waals surface area contributed by atoms with E-state index in [1.165, 1.54) is 38.8 Å². The van der Waals surface area contributed by atoms with Crippen LogP contribution in [0.4, 0.5) is 0 Å². The number of benzene rings is 1. The van der Waals surface area contributed by atoms with E-state index in [2.05, 4.69) is 52.4 Å². The fraction of sp³-hybridized carbons (Fsp3) is 0.500. The molecule has 2 fully saturated rings. The fourth-order valence-corrected chi connectivity index (χ4v) is 5.52. The Morgan fingerprint density at radius 3 is 2.88 bits per heavy atom. The largest absolute Gasteiger partial charge is 0.378 e. The topological polar surface area (TPSA) is 65.7 Å². The normalized spacial score (nSPS) is 24.8. The summed E-state index contributed by atoms with van der Waals surface area (Å²) in [6, 6.07) is 7.27. The SMILES string of the molecule is Cc1c[nH]c2ncc(-c3cc4c(c([C@@H]5COCCN5)c3)CN(N3CCO[C@@H](C)C3)CC4)cc12. The molecular formula is C26H33N5O2. The molecule has 2 atom stereocenters. The molecule has 174 valence electrons. The molecule has 7 nitrogen and oxygen atoms in total. The number of morpholine rings is 2. The number of fused-ring (bicyclic) bond motifs is 2. The van der Waals surface area contributed by atoms with Gasteiger partial charge in [0.25, 0.3) is 0 Å². The van der Waals surface area contributed by atoms with Gasteiger partial charge in [-0.3, -0.25) is 0 Å². The first-order valence-corrected chi connectivity index (χ1v) is 12.2. The summed E-state index contributed by atoms with van der Waals surface area (Å²) in [7, 11) is 0. The van der Waals surface area contributed by atoms with E-state index in [1.54, 1.807) is 0 Å². The van der Waals surface area contributed by atoms with Gasteiger partial charge in [0.15, 0.2) is 0 Å². The van der Waals surface area contributed by atoms with Crippen LogP contribution in [0.15, 0.2) is 30.6 Å². The van der Waals surface area contributed by atoms with Crippen molar-refractivity contribution in [3.05, 3.63) is 52.8 Å². The van der Waals surface area contributed by atoms with E-state index in [4.69, 9.17) is 14.5 Å². The number of hydrazine groups is 1. The van der Waals surface area contributed by atoms with Crippen LogP contribution in [0.3, 0.4) is 0 Å². The Balaban J connectivity index is 1.39. The Kier molecular flexibility index (Phi) is 5.68. The van der Waals surface area contributed by atoms with Gasteiger partial charge in [-0.25, -0.2) is 15.0 Å². The minimum Gasteiger partial charge on any atom is -0.378 e. The van der Waals surface area contributed by atoms with Gasteiger partial charge >= 0.3 is 0 Å². The predicted octanol–water partition coefficient (Wildman–Crippen LogP) is 3.19. The van der Waals surface area contributed by atoms with Gasteiger partial charge < -0.3 is 19.8 Å². The first-order valence-electron chi connectivity index (χ1n) is 12.2. The molecule has 33 heavy (non-hydrogen) atoms. The second-order valence-corrected chi connectivity index (χ2v) is 9.61. The number of pyridine rings is 1. The molecule has 2 N–H and O–H groups in total. The summed E-state index contributed by atoms with van der Waals surface area (Å²) in [5, 5.41) is 9.92. The number of aromatic amines is 1. The van der Waals surface area contributed by atoms with Gasteiger partial charge in [0, 0.05) is 56.1 Å². The molecule has 0 amide bonds. The summed E-state index contributed by atoms with van der Waals surface area (Å²) in [6.45, 7) is 11.4. The molecule has 6 rings (SSSR count). The summed E-state index contributed by atoms with van der Waals surface area (Å²) in [5.74, 6) is 0. The molecule has 3 aromatic rings. The lowest BCUT2D eigenvalue weighted by molar-refractivity contribution is -0.124. The maximum Gasteiger partial charge on any atom is 0.137 e. The minimum absolute atomic E-state index is 0.224. The van der Waals surface area contributed by atoms with Crippen LogP contribution in [0, 0.1) is 6.92 Å². The average Bonchev–Trinajstić information content (AvgIpc) is 3.23. The van der Waals surface area contributed by atoms with Crippen molar-refractivity contribution < 1.29 is 9.47 Å². The zero-order valence-corrected chi connectivity index (χ0v) is 19.6. The minimum atomic E-state index is 0.224. The molecular weight excluding hydrogens is 414 g/mol. The lowest BCUT2D eigenvalue weighted by atomic mass is 9.87. The van der Waals surface area contributed by atoms with Crippen LogP contribution in [0.25, 0.3) is 22.2 Å². The van der Waals surface area contributed by atoms with Gasteiger partial charge in [-0.15, -0.1) is 0 Å². The van der Waals surface area contributed by atoms with E-state index in [0.717, 1.165) is 64.6 Å². The monoisotopic (exact) mass is 447 g/mol. The van der Waals surface area contributed by atoms with Crippen molar-refractivity contribution in [3.63, 3.8) is 0 Å². The standard InChI is InChI=1S/C26H33N5O2/c1-17-12-28-26-22(17)11-21(13-29-26)20-9-19-3-5-30(31-6-8-33-18(2)14-31)15-24(19)23(10-20)25-16-32-7-4-27-25/h9-13,18,25,27H,3-8,14-16H2,1-2H3,(H,28,29)/t18-,25-/m0/s1. The maximum absolute atomic E-state index is 5.87. The first-order chi connectivity index (χ1) is 16.2. The van der Waals surface area contributed by atoms with Gasteiger partial charge in [0.2, 0.25) is 0 Å². The van der Waals surface area contributed by atoms with Crippen LogP contribution in [0.5, 0.6) is 0 Å². The number of aromatic nitrogens is 2. The van der Waals surface area contributed by atoms with Crippen molar-refractivity contribution >= 4 is 11.0 Å². The number of hydrogen-bond acceptors (Lipinski definition) is 6. The smallest absolute Gasteiger partial charge is 0.137 e. The molecule has 0 spiro atoms. The number of nitrogens with zero attached hydrogens (tertiary/aromatic N) is 3. The van der Waals surface area contributed by atoms with Crippen LogP contribution in [0.2, 0.25) is 0 Å². The van der Waals surface area contributed by atoms with Crippen LogP contribution < -0.4 is 5.32 Å². The Morgan fingerprint density at radius 1 is 1.09 bits per heavy atom. The van der Waals surface area contributed by atoms with E-state index < -0.39 is 0 Å². The number of hydrogen-bond donors (Lipinski definition) is 2. The third-order valence-electron chi connectivity index (χ3n) is 7.34. The van der Waals surface area contributed by atoms with E-state index in [9.17, 15) is 0 Å². The average molecular weight is 448 g/mol. The Morgan fingerprint density at radius 2 is 2.03 bits per heavy atom. The summed E-state index contributed by atoms with van der Waals surface area (Å²) in [4.78, 5) is 7.95. The molecule has 2 aromatic heterocycles. The molecule has 0 saturated carbocycles. The molecule has 3 aliphatic rings. The first kappa shape index (κ1) is 21.3. The molecule has 7 heteroatoms. The van der Waals surface area contributed by atoms with Gasteiger partial charge in [-0.05, 0) is 60.2 Å². The Labute approximate surface area is 195 Å². The van der Waals surface area contributed by atoms with Crippen molar-refractivity contribution in [3.8, 4) is 11.1 Å². The second-order valence-electron chi connectivity index (χ2n) is 9.61. The highest BCUT2D eigenvalue weighted by molar-refractivity contribution is 5.84. The van der Waals surface area contributed by atoms with Crippen molar-refractivity contribution in [2.24, 2.45) is 0 Å². The summed E-state index contributed by atoms with van der Waals surface area (Å²) in [6.07, 6.45) is 5.37. The van der Waals surface area contributed by atoms with Crippen LogP contribution in [-0.4, -0.2) is 72.1 Å². The van der Waals surface area contributed by atoms with Gasteiger partial charge in [0.05, 0.1) is 32.0 Å². The lowest BCUT2D eigenvalue weighted by Crippen LogP contribution is -2.52.